The van der Waals surface area contributed by atoms with E-state index in [4.69, 9.17) is 17.3 Å². The van der Waals surface area contributed by atoms with E-state index >= 15 is 0 Å². The van der Waals surface area contributed by atoms with E-state index in [0.717, 1.165) is 31.4 Å². The van der Waals surface area contributed by atoms with Crippen molar-refractivity contribution in [2.45, 2.75) is 52.0 Å². The van der Waals surface area contributed by atoms with Crippen LogP contribution in [0.4, 0.5) is 5.69 Å². The van der Waals surface area contributed by atoms with E-state index in [1.54, 1.807) is 0 Å². The van der Waals surface area contributed by atoms with Crippen LogP contribution in [0.5, 0.6) is 0 Å². The van der Waals surface area contributed by atoms with Crippen molar-refractivity contribution < 1.29 is 4.79 Å². The van der Waals surface area contributed by atoms with Gasteiger partial charge in [-0.2, -0.15) is 0 Å². The number of nitrogens with one attached hydrogen (secondary N) is 1. The van der Waals surface area contributed by atoms with Crippen molar-refractivity contribution in [1.82, 2.24) is 0 Å². The quantitative estimate of drug-likeness (QED) is 0.878. The molecule has 0 spiro atoms. The number of benzene rings is 1. The predicted octanol–water partition coefficient (Wildman–Crippen LogP) is 4.21. The summed E-state index contributed by atoms with van der Waals surface area (Å²) in [5, 5.41) is 3.95. The smallest absolute Gasteiger partial charge is 0.243 e. The molecule has 4 heteroatoms. The van der Waals surface area contributed by atoms with E-state index in [-0.39, 0.29) is 11.3 Å². The molecule has 0 atom stereocenters. The van der Waals surface area contributed by atoms with Crippen molar-refractivity contribution >= 4 is 23.2 Å². The number of hydrogen-bond acceptors (Lipinski definition) is 2. The average Bonchev–Trinajstić information content (AvgIpc) is 2.41. The van der Waals surface area contributed by atoms with Gasteiger partial charge in [0.15, 0.2) is 0 Å². The highest BCUT2D eigenvalue weighted by molar-refractivity contribution is 6.33. The molecule has 0 unspecified atom stereocenters. The lowest BCUT2D eigenvalue weighted by atomic mass is 9.67. The average molecular weight is 309 g/mol. The van der Waals surface area contributed by atoms with Gasteiger partial charge in [-0.3, -0.25) is 4.79 Å². The van der Waals surface area contributed by atoms with Gasteiger partial charge in [0.1, 0.15) is 5.54 Å². The number of para-hydroxylation sites is 1. The van der Waals surface area contributed by atoms with Crippen molar-refractivity contribution in [3.63, 3.8) is 0 Å². The second-order valence-electron chi connectivity index (χ2n) is 7.19. The molecule has 0 heterocycles. The van der Waals surface area contributed by atoms with E-state index in [2.05, 4.69) is 26.1 Å². The summed E-state index contributed by atoms with van der Waals surface area (Å²) in [6.07, 6.45) is 3.53. The maximum absolute atomic E-state index is 12.1. The second-order valence-corrected chi connectivity index (χ2v) is 7.60. The first-order valence-corrected chi connectivity index (χ1v) is 7.95. The van der Waals surface area contributed by atoms with Crippen LogP contribution in [0.3, 0.4) is 0 Å². The van der Waals surface area contributed by atoms with Crippen molar-refractivity contribution in [1.29, 1.82) is 0 Å². The Kier molecular flexibility index (Phi) is 4.52. The summed E-state index contributed by atoms with van der Waals surface area (Å²) in [6.45, 7) is 6.78. The second kappa shape index (κ2) is 5.88. The number of anilines is 1. The number of carbonyl (C=O) groups is 1. The molecule has 1 aromatic rings. The van der Waals surface area contributed by atoms with Crippen LogP contribution < -0.4 is 11.1 Å². The van der Waals surface area contributed by atoms with E-state index < -0.39 is 5.54 Å². The lowest BCUT2D eigenvalue weighted by molar-refractivity contribution is -0.123. The molecular weight excluding hydrogens is 284 g/mol. The van der Waals surface area contributed by atoms with Gasteiger partial charge in [0.05, 0.1) is 10.7 Å². The first-order valence-electron chi connectivity index (χ1n) is 7.57. The van der Waals surface area contributed by atoms with Crippen LogP contribution in [0.1, 0.15) is 46.5 Å². The van der Waals surface area contributed by atoms with Gasteiger partial charge in [-0.05, 0) is 49.1 Å². The Bertz CT molecular complexity index is 514. The Morgan fingerprint density at radius 1 is 1.29 bits per heavy atom. The molecule has 0 aliphatic heterocycles. The van der Waals surface area contributed by atoms with Crippen LogP contribution >= 0.6 is 11.6 Å². The minimum Gasteiger partial charge on any atom is -0.370 e. The van der Waals surface area contributed by atoms with Gasteiger partial charge >= 0.3 is 0 Å². The first-order chi connectivity index (χ1) is 9.74. The number of rotatable bonds is 3. The third-order valence-electron chi connectivity index (χ3n) is 4.78. The summed E-state index contributed by atoms with van der Waals surface area (Å²) in [7, 11) is 0. The maximum atomic E-state index is 12.1. The summed E-state index contributed by atoms with van der Waals surface area (Å²) in [4.78, 5) is 12.1. The van der Waals surface area contributed by atoms with E-state index in [9.17, 15) is 4.79 Å². The molecule has 1 aliphatic carbocycles. The zero-order valence-corrected chi connectivity index (χ0v) is 13.8. The Balaban J connectivity index is 2.17. The van der Waals surface area contributed by atoms with Gasteiger partial charge in [-0.1, -0.05) is 44.5 Å². The highest BCUT2D eigenvalue weighted by Crippen LogP contribution is 2.43. The summed E-state index contributed by atoms with van der Waals surface area (Å²) in [5.74, 6) is 0.341. The Hall–Kier alpha value is -1.22. The first kappa shape index (κ1) is 16.2. The number of nitrogens with two attached hydrogens (primary N) is 1. The number of amides is 1. The molecule has 1 aromatic carbocycles. The van der Waals surface area contributed by atoms with E-state index in [1.165, 1.54) is 0 Å². The number of primary amides is 1. The summed E-state index contributed by atoms with van der Waals surface area (Å²) in [5.41, 5.74) is 6.09. The van der Waals surface area contributed by atoms with Crippen LogP contribution in [0.2, 0.25) is 5.02 Å². The lowest BCUT2D eigenvalue weighted by Gasteiger charge is -2.43. The van der Waals surface area contributed by atoms with Gasteiger partial charge in [0, 0.05) is 0 Å². The third kappa shape index (κ3) is 3.52. The van der Waals surface area contributed by atoms with Gasteiger partial charge < -0.3 is 11.1 Å². The Labute approximate surface area is 132 Å². The molecule has 0 radical (unpaired) electrons. The fourth-order valence-electron chi connectivity index (χ4n) is 3.23. The zero-order chi connectivity index (χ0) is 15.7. The number of hydrogen-bond donors (Lipinski definition) is 2. The monoisotopic (exact) mass is 308 g/mol. The fourth-order valence-corrected chi connectivity index (χ4v) is 3.41. The molecule has 3 nitrogen and oxygen atoms in total. The highest BCUT2D eigenvalue weighted by atomic mass is 35.5. The molecule has 0 bridgehead atoms. The molecule has 0 aromatic heterocycles. The minimum absolute atomic E-state index is 0.272. The molecule has 2 rings (SSSR count). The number of carbonyl (C=O) groups excluding carboxylic acids is 1. The van der Waals surface area contributed by atoms with Crippen molar-refractivity contribution in [3.8, 4) is 0 Å². The summed E-state index contributed by atoms with van der Waals surface area (Å²) < 4.78 is 0. The topological polar surface area (TPSA) is 55.1 Å². The maximum Gasteiger partial charge on any atom is 0.243 e. The van der Waals surface area contributed by atoms with Gasteiger partial charge in [-0.25, -0.2) is 0 Å². The molecule has 1 fully saturated rings. The van der Waals surface area contributed by atoms with Crippen molar-refractivity contribution in [2.24, 2.45) is 17.1 Å². The molecule has 3 N–H and O–H groups in total. The minimum atomic E-state index is -0.674. The van der Waals surface area contributed by atoms with Crippen molar-refractivity contribution in [2.75, 3.05) is 5.32 Å². The lowest BCUT2D eigenvalue weighted by Crippen LogP contribution is -2.53. The van der Waals surface area contributed by atoms with Crippen molar-refractivity contribution in [3.05, 3.63) is 29.3 Å². The SMILES string of the molecule is CC(C)(C)C1CCC(Nc2ccccc2Cl)(C(N)=O)CC1. The molecule has 1 saturated carbocycles. The highest BCUT2D eigenvalue weighted by Gasteiger charge is 2.43. The van der Waals surface area contributed by atoms with Gasteiger partial charge in [0.2, 0.25) is 5.91 Å². The zero-order valence-electron chi connectivity index (χ0n) is 13.1. The van der Waals surface area contributed by atoms with Crippen LogP contribution in [-0.4, -0.2) is 11.4 Å². The van der Waals surface area contributed by atoms with Crippen LogP contribution in [0.15, 0.2) is 24.3 Å². The number of halogens is 1. The predicted molar refractivity (Wildman–Crippen MR) is 88.4 cm³/mol. The van der Waals surface area contributed by atoms with E-state index in [0.29, 0.717) is 10.9 Å². The van der Waals surface area contributed by atoms with Gasteiger partial charge in [-0.15, -0.1) is 0 Å². The molecule has 116 valence electrons. The largest absolute Gasteiger partial charge is 0.370 e. The molecule has 1 aliphatic rings. The van der Waals surface area contributed by atoms with Crippen LogP contribution in [-0.2, 0) is 4.79 Å². The van der Waals surface area contributed by atoms with Crippen LogP contribution in [0, 0.1) is 11.3 Å². The van der Waals surface area contributed by atoms with E-state index in [1.807, 2.05) is 24.3 Å². The normalized spacial score (nSPS) is 26.4. The summed E-state index contributed by atoms with van der Waals surface area (Å²) in [6, 6.07) is 7.49. The molecular formula is C17H25ClN2O. The van der Waals surface area contributed by atoms with Gasteiger partial charge in [0.25, 0.3) is 0 Å². The molecule has 1 amide bonds. The van der Waals surface area contributed by atoms with Crippen LogP contribution in [0.25, 0.3) is 0 Å². The Morgan fingerprint density at radius 2 is 1.86 bits per heavy atom. The third-order valence-corrected chi connectivity index (χ3v) is 5.11. The molecule has 0 saturated heterocycles. The molecule has 21 heavy (non-hydrogen) atoms. The fraction of sp³-hybridized carbons (Fsp3) is 0.588. The standard InChI is InChI=1S/C17H25ClN2O/c1-16(2,3)12-8-10-17(11-9-12,15(19)21)20-14-7-5-4-6-13(14)18/h4-7,12,20H,8-11H2,1-3H3,(H2,19,21). The summed E-state index contributed by atoms with van der Waals surface area (Å²) >= 11 is 6.20. The Morgan fingerprint density at radius 3 is 2.33 bits per heavy atom.